The van der Waals surface area contributed by atoms with Crippen molar-refractivity contribution >= 4 is 0 Å². The Kier molecular flexibility index (Phi) is 7.76. The fourth-order valence-electron chi connectivity index (χ4n) is 2.50. The normalized spacial score (nSPS) is 11.5. The number of nitrogens with one attached hydrogen (secondary N) is 1. The van der Waals surface area contributed by atoms with Crippen LogP contribution in [0.3, 0.4) is 0 Å². The number of hydrogen-bond acceptors (Lipinski definition) is 2. The lowest BCUT2D eigenvalue weighted by Crippen LogP contribution is -2.29. The molecule has 0 atom stereocenters. The molecule has 1 N–H and O–H groups in total. The van der Waals surface area contributed by atoms with Crippen molar-refractivity contribution in [3.8, 4) is 0 Å². The highest BCUT2D eigenvalue weighted by atomic mass is 15.1. The third-order valence-electron chi connectivity index (χ3n) is 3.78. The van der Waals surface area contributed by atoms with Gasteiger partial charge in [0.2, 0.25) is 0 Å². The fraction of sp³-hybridized carbons (Fsp3) is 0.647. The quantitative estimate of drug-likeness (QED) is 0.681. The smallest absolute Gasteiger partial charge is 0.0233 e. The van der Waals surface area contributed by atoms with Crippen LogP contribution in [0.25, 0.3) is 0 Å². The van der Waals surface area contributed by atoms with E-state index >= 15 is 0 Å². The van der Waals surface area contributed by atoms with E-state index < -0.39 is 0 Å². The van der Waals surface area contributed by atoms with Crippen LogP contribution in [0, 0.1) is 0 Å². The SMILES string of the molecule is CCCNCc1ccc(CN(C)C(CC)CC)cc1. The molecule has 0 aliphatic rings. The minimum absolute atomic E-state index is 0.700. The average molecular weight is 262 g/mol. The summed E-state index contributed by atoms with van der Waals surface area (Å²) in [6.07, 6.45) is 3.65. The van der Waals surface area contributed by atoms with Gasteiger partial charge in [0.05, 0.1) is 0 Å². The number of benzene rings is 1. The van der Waals surface area contributed by atoms with Crippen LogP contribution < -0.4 is 5.32 Å². The largest absolute Gasteiger partial charge is 0.313 e. The molecule has 0 aliphatic heterocycles. The Morgan fingerprint density at radius 1 is 1.00 bits per heavy atom. The summed E-state index contributed by atoms with van der Waals surface area (Å²) >= 11 is 0. The van der Waals surface area contributed by atoms with Crippen LogP contribution in [0.2, 0.25) is 0 Å². The van der Waals surface area contributed by atoms with E-state index in [1.54, 1.807) is 0 Å². The Morgan fingerprint density at radius 3 is 2.11 bits per heavy atom. The third-order valence-corrected chi connectivity index (χ3v) is 3.78. The Balaban J connectivity index is 2.47. The van der Waals surface area contributed by atoms with Gasteiger partial charge in [-0.3, -0.25) is 4.90 Å². The molecule has 1 aromatic carbocycles. The van der Waals surface area contributed by atoms with Crippen molar-refractivity contribution in [2.24, 2.45) is 0 Å². The van der Waals surface area contributed by atoms with Gasteiger partial charge in [-0.25, -0.2) is 0 Å². The standard InChI is InChI=1S/C17H30N2/c1-5-12-18-13-15-8-10-16(11-9-15)14-19(4)17(6-2)7-3/h8-11,17-18H,5-7,12-14H2,1-4H3. The third kappa shape index (κ3) is 5.75. The van der Waals surface area contributed by atoms with Crippen molar-refractivity contribution in [1.29, 1.82) is 0 Å². The zero-order chi connectivity index (χ0) is 14.1. The first-order valence-electron chi connectivity index (χ1n) is 7.70. The second-order valence-electron chi connectivity index (χ2n) is 5.38. The van der Waals surface area contributed by atoms with Gasteiger partial charge in [-0.15, -0.1) is 0 Å². The summed E-state index contributed by atoms with van der Waals surface area (Å²) in [5, 5.41) is 3.44. The lowest BCUT2D eigenvalue weighted by Gasteiger charge is -2.26. The second kappa shape index (κ2) is 9.11. The molecule has 0 bridgehead atoms. The van der Waals surface area contributed by atoms with Gasteiger partial charge in [-0.2, -0.15) is 0 Å². The molecule has 0 unspecified atom stereocenters. The maximum absolute atomic E-state index is 3.44. The highest BCUT2D eigenvalue weighted by Gasteiger charge is 2.10. The van der Waals surface area contributed by atoms with Gasteiger partial charge in [0.1, 0.15) is 0 Å². The molecule has 0 amide bonds. The first-order chi connectivity index (χ1) is 9.21. The lowest BCUT2D eigenvalue weighted by molar-refractivity contribution is 0.222. The monoisotopic (exact) mass is 262 g/mol. The van der Waals surface area contributed by atoms with Crippen molar-refractivity contribution in [3.05, 3.63) is 35.4 Å². The Labute approximate surface area is 119 Å². The van der Waals surface area contributed by atoms with Crippen molar-refractivity contribution in [3.63, 3.8) is 0 Å². The highest BCUT2D eigenvalue weighted by molar-refractivity contribution is 5.22. The molecule has 0 radical (unpaired) electrons. The molecular formula is C17H30N2. The van der Waals surface area contributed by atoms with E-state index in [1.807, 2.05) is 0 Å². The van der Waals surface area contributed by atoms with Gasteiger partial charge in [-0.1, -0.05) is 45.0 Å². The molecule has 2 nitrogen and oxygen atoms in total. The van der Waals surface area contributed by atoms with Gasteiger partial charge < -0.3 is 5.32 Å². The van der Waals surface area contributed by atoms with E-state index in [4.69, 9.17) is 0 Å². The molecule has 0 aliphatic carbocycles. The second-order valence-corrected chi connectivity index (χ2v) is 5.38. The zero-order valence-corrected chi connectivity index (χ0v) is 13.1. The summed E-state index contributed by atoms with van der Waals surface area (Å²) in [5.41, 5.74) is 2.79. The van der Waals surface area contributed by atoms with Crippen LogP contribution in [0.15, 0.2) is 24.3 Å². The predicted octanol–water partition coefficient (Wildman–Crippen LogP) is 3.81. The van der Waals surface area contributed by atoms with Crippen LogP contribution in [0.5, 0.6) is 0 Å². The van der Waals surface area contributed by atoms with E-state index in [0.29, 0.717) is 6.04 Å². The first kappa shape index (κ1) is 16.2. The molecular weight excluding hydrogens is 232 g/mol. The van der Waals surface area contributed by atoms with Gasteiger partial charge >= 0.3 is 0 Å². The summed E-state index contributed by atoms with van der Waals surface area (Å²) in [6, 6.07) is 9.73. The number of rotatable bonds is 9. The van der Waals surface area contributed by atoms with Crippen LogP contribution in [0.4, 0.5) is 0 Å². The van der Waals surface area contributed by atoms with Crippen molar-refractivity contribution < 1.29 is 0 Å². The fourth-order valence-corrected chi connectivity index (χ4v) is 2.50. The summed E-state index contributed by atoms with van der Waals surface area (Å²) in [4.78, 5) is 2.46. The summed E-state index contributed by atoms with van der Waals surface area (Å²) < 4.78 is 0. The van der Waals surface area contributed by atoms with Gasteiger partial charge in [-0.05, 0) is 44.0 Å². The summed E-state index contributed by atoms with van der Waals surface area (Å²) in [5.74, 6) is 0. The molecule has 1 aromatic rings. The van der Waals surface area contributed by atoms with Gasteiger partial charge in [0.15, 0.2) is 0 Å². The minimum Gasteiger partial charge on any atom is -0.313 e. The Morgan fingerprint density at radius 2 is 1.58 bits per heavy atom. The molecule has 0 fully saturated rings. The molecule has 108 valence electrons. The molecule has 1 rings (SSSR count). The Bertz CT molecular complexity index is 328. The lowest BCUT2D eigenvalue weighted by atomic mass is 10.1. The Hall–Kier alpha value is -0.860. The molecule has 0 heterocycles. The summed E-state index contributed by atoms with van der Waals surface area (Å²) in [7, 11) is 2.23. The zero-order valence-electron chi connectivity index (χ0n) is 13.1. The van der Waals surface area contributed by atoms with E-state index in [9.17, 15) is 0 Å². The van der Waals surface area contributed by atoms with Crippen LogP contribution in [-0.4, -0.2) is 24.5 Å². The molecule has 0 spiro atoms. The van der Waals surface area contributed by atoms with E-state index in [-0.39, 0.29) is 0 Å². The maximum Gasteiger partial charge on any atom is 0.0233 e. The van der Waals surface area contributed by atoms with E-state index in [1.165, 1.54) is 30.4 Å². The minimum atomic E-state index is 0.700. The topological polar surface area (TPSA) is 15.3 Å². The van der Waals surface area contributed by atoms with Crippen molar-refractivity contribution in [1.82, 2.24) is 10.2 Å². The summed E-state index contributed by atoms with van der Waals surface area (Å²) in [6.45, 7) is 9.87. The maximum atomic E-state index is 3.44. The molecule has 19 heavy (non-hydrogen) atoms. The predicted molar refractivity (Wildman–Crippen MR) is 84.3 cm³/mol. The van der Waals surface area contributed by atoms with E-state index in [2.05, 4.69) is 62.3 Å². The van der Waals surface area contributed by atoms with Crippen LogP contribution in [0.1, 0.15) is 51.2 Å². The van der Waals surface area contributed by atoms with Crippen molar-refractivity contribution in [2.75, 3.05) is 13.6 Å². The van der Waals surface area contributed by atoms with Crippen LogP contribution in [-0.2, 0) is 13.1 Å². The number of hydrogen-bond donors (Lipinski definition) is 1. The molecule has 2 heteroatoms. The molecule has 0 saturated heterocycles. The van der Waals surface area contributed by atoms with Crippen molar-refractivity contribution in [2.45, 2.75) is 59.2 Å². The van der Waals surface area contributed by atoms with Gasteiger partial charge in [0, 0.05) is 19.1 Å². The first-order valence-corrected chi connectivity index (χ1v) is 7.70. The number of nitrogens with zero attached hydrogens (tertiary/aromatic N) is 1. The molecule has 0 aromatic heterocycles. The highest BCUT2D eigenvalue weighted by Crippen LogP contribution is 2.12. The van der Waals surface area contributed by atoms with Gasteiger partial charge in [0.25, 0.3) is 0 Å². The average Bonchev–Trinajstić information content (AvgIpc) is 2.42. The molecule has 0 saturated carbocycles. The van der Waals surface area contributed by atoms with E-state index in [0.717, 1.165) is 19.6 Å². The van der Waals surface area contributed by atoms with Crippen LogP contribution >= 0.6 is 0 Å².